The fraction of sp³-hybridized carbons (Fsp3) is 0.615. The van der Waals surface area contributed by atoms with Gasteiger partial charge in [-0.1, -0.05) is 0 Å². The van der Waals surface area contributed by atoms with Crippen LogP contribution >= 0.6 is 0 Å². The number of hydrogen-bond donors (Lipinski definition) is 1. The fourth-order valence-corrected chi connectivity index (χ4v) is 2.98. The number of aromatic nitrogens is 2. The van der Waals surface area contributed by atoms with Crippen LogP contribution in [0.4, 0.5) is 4.39 Å². The molecule has 102 valence electrons. The Morgan fingerprint density at radius 3 is 3.05 bits per heavy atom. The van der Waals surface area contributed by atoms with Crippen molar-refractivity contribution in [1.82, 2.24) is 20.2 Å². The second-order valence-corrected chi connectivity index (χ2v) is 5.12. The smallest absolute Gasteiger partial charge is 0.308 e. The van der Waals surface area contributed by atoms with Crippen molar-refractivity contribution in [3.63, 3.8) is 0 Å². The molecule has 6 heteroatoms. The number of nitrogens with zero attached hydrogens (tertiary/aromatic N) is 3. The molecule has 1 aromatic rings. The Bertz CT molecular complexity index is 475. The van der Waals surface area contributed by atoms with E-state index in [0.717, 1.165) is 38.9 Å². The van der Waals surface area contributed by atoms with Crippen molar-refractivity contribution in [1.29, 1.82) is 0 Å². The van der Waals surface area contributed by atoms with Gasteiger partial charge in [-0.2, -0.15) is 4.39 Å². The molecule has 2 atom stereocenters. The predicted molar refractivity (Wildman–Crippen MR) is 67.0 cm³/mol. The summed E-state index contributed by atoms with van der Waals surface area (Å²) in [4.78, 5) is 21.7. The number of piperidine rings is 1. The van der Waals surface area contributed by atoms with Crippen molar-refractivity contribution in [3.8, 4) is 0 Å². The van der Waals surface area contributed by atoms with Gasteiger partial charge in [0.1, 0.15) is 0 Å². The maximum absolute atomic E-state index is 13.1. The minimum atomic E-state index is -0.759. The van der Waals surface area contributed by atoms with Crippen LogP contribution in [-0.4, -0.2) is 46.5 Å². The predicted octanol–water partition coefficient (Wildman–Crippen LogP) is 0.684. The summed E-state index contributed by atoms with van der Waals surface area (Å²) < 4.78 is 13.1. The van der Waals surface area contributed by atoms with Gasteiger partial charge in [0.05, 0.1) is 11.6 Å². The summed E-state index contributed by atoms with van der Waals surface area (Å²) in [5.74, 6) is -0.232. The standard InChI is InChI=1S/C13H17FN4O/c14-13-16-6-4-11(17-13)10-2-1-7-18(12(10)19)9-3-5-15-8-9/h4,6,9-10,15H,1-3,5,7-8H2. The van der Waals surface area contributed by atoms with Gasteiger partial charge in [-0.15, -0.1) is 0 Å². The van der Waals surface area contributed by atoms with Crippen LogP contribution in [0.5, 0.6) is 0 Å². The van der Waals surface area contributed by atoms with E-state index >= 15 is 0 Å². The average Bonchev–Trinajstić information content (AvgIpc) is 2.93. The number of nitrogens with one attached hydrogen (secondary N) is 1. The van der Waals surface area contributed by atoms with Gasteiger partial charge in [0.25, 0.3) is 0 Å². The van der Waals surface area contributed by atoms with Gasteiger partial charge in [-0.3, -0.25) is 4.79 Å². The second-order valence-electron chi connectivity index (χ2n) is 5.12. The normalized spacial score (nSPS) is 27.8. The Morgan fingerprint density at radius 2 is 2.32 bits per heavy atom. The first-order valence-corrected chi connectivity index (χ1v) is 6.75. The fourth-order valence-electron chi connectivity index (χ4n) is 2.98. The molecule has 5 nitrogen and oxygen atoms in total. The van der Waals surface area contributed by atoms with Crippen LogP contribution in [0.1, 0.15) is 30.9 Å². The number of hydrogen-bond acceptors (Lipinski definition) is 4. The zero-order valence-electron chi connectivity index (χ0n) is 10.7. The topological polar surface area (TPSA) is 58.1 Å². The maximum atomic E-state index is 13.1. The van der Waals surface area contributed by atoms with Gasteiger partial charge >= 0.3 is 6.08 Å². The van der Waals surface area contributed by atoms with Crippen molar-refractivity contribution in [2.75, 3.05) is 19.6 Å². The summed E-state index contributed by atoms with van der Waals surface area (Å²) in [6.45, 7) is 2.62. The van der Waals surface area contributed by atoms with Crippen molar-refractivity contribution < 1.29 is 9.18 Å². The molecular formula is C13H17FN4O. The first kappa shape index (κ1) is 12.5. The van der Waals surface area contributed by atoms with Gasteiger partial charge in [0, 0.05) is 25.3 Å². The lowest BCUT2D eigenvalue weighted by molar-refractivity contribution is -0.137. The zero-order chi connectivity index (χ0) is 13.2. The summed E-state index contributed by atoms with van der Waals surface area (Å²) in [6.07, 6.45) is 3.30. The van der Waals surface area contributed by atoms with Gasteiger partial charge in [0.15, 0.2) is 0 Å². The number of carbonyl (C=O) groups excluding carboxylic acids is 1. The molecule has 0 aliphatic carbocycles. The van der Waals surface area contributed by atoms with Gasteiger partial charge in [-0.25, -0.2) is 9.97 Å². The molecular weight excluding hydrogens is 247 g/mol. The van der Waals surface area contributed by atoms with Crippen LogP contribution in [0.25, 0.3) is 0 Å². The lowest BCUT2D eigenvalue weighted by atomic mass is 9.92. The van der Waals surface area contributed by atoms with Crippen LogP contribution in [0, 0.1) is 6.08 Å². The zero-order valence-corrected chi connectivity index (χ0v) is 10.7. The molecule has 0 radical (unpaired) electrons. The van der Waals surface area contributed by atoms with Gasteiger partial charge in [-0.05, 0) is 31.9 Å². The lowest BCUT2D eigenvalue weighted by Gasteiger charge is -2.36. The van der Waals surface area contributed by atoms with Crippen molar-refractivity contribution in [3.05, 3.63) is 24.0 Å². The van der Waals surface area contributed by atoms with Crippen LogP contribution in [0.3, 0.4) is 0 Å². The van der Waals surface area contributed by atoms with Gasteiger partial charge in [0.2, 0.25) is 5.91 Å². The first-order valence-electron chi connectivity index (χ1n) is 6.75. The number of carbonyl (C=O) groups is 1. The van der Waals surface area contributed by atoms with E-state index in [1.54, 1.807) is 6.07 Å². The van der Waals surface area contributed by atoms with E-state index in [-0.39, 0.29) is 17.9 Å². The van der Waals surface area contributed by atoms with Crippen LogP contribution < -0.4 is 5.32 Å². The molecule has 0 bridgehead atoms. The van der Waals surface area contributed by atoms with E-state index < -0.39 is 6.08 Å². The van der Waals surface area contributed by atoms with Crippen LogP contribution in [-0.2, 0) is 4.79 Å². The van der Waals surface area contributed by atoms with E-state index in [1.165, 1.54) is 6.20 Å². The van der Waals surface area contributed by atoms with Crippen molar-refractivity contribution >= 4 is 5.91 Å². The Kier molecular flexibility index (Phi) is 3.42. The molecule has 1 N–H and O–H groups in total. The number of rotatable bonds is 2. The molecule has 0 spiro atoms. The Hall–Kier alpha value is -1.56. The summed E-state index contributed by atoms with van der Waals surface area (Å²) in [5.41, 5.74) is 0.508. The largest absolute Gasteiger partial charge is 0.338 e. The molecule has 3 rings (SSSR count). The Labute approximate surface area is 111 Å². The molecule has 2 aliphatic heterocycles. The molecule has 3 heterocycles. The third-order valence-electron chi connectivity index (χ3n) is 3.95. The quantitative estimate of drug-likeness (QED) is 0.798. The molecule has 19 heavy (non-hydrogen) atoms. The third-order valence-corrected chi connectivity index (χ3v) is 3.95. The molecule has 1 amide bonds. The molecule has 1 aromatic heterocycles. The van der Waals surface area contributed by atoms with E-state index in [2.05, 4.69) is 15.3 Å². The summed E-state index contributed by atoms with van der Waals surface area (Å²) in [7, 11) is 0. The van der Waals surface area contributed by atoms with E-state index in [0.29, 0.717) is 5.69 Å². The highest BCUT2D eigenvalue weighted by molar-refractivity contribution is 5.84. The summed E-state index contributed by atoms with van der Waals surface area (Å²) >= 11 is 0. The SMILES string of the molecule is O=C1C(c2ccnc(F)n2)CCCN1C1CCNC1. The van der Waals surface area contributed by atoms with E-state index in [1.807, 2.05) is 4.90 Å². The second kappa shape index (κ2) is 5.21. The molecule has 2 unspecified atom stereocenters. The molecule has 0 aromatic carbocycles. The first-order chi connectivity index (χ1) is 9.25. The highest BCUT2D eigenvalue weighted by Gasteiger charge is 2.35. The Balaban J connectivity index is 1.80. The maximum Gasteiger partial charge on any atom is 0.308 e. The summed E-state index contributed by atoms with van der Waals surface area (Å²) in [5, 5.41) is 3.27. The Morgan fingerprint density at radius 1 is 1.42 bits per heavy atom. The number of amides is 1. The van der Waals surface area contributed by atoms with E-state index in [4.69, 9.17) is 0 Å². The van der Waals surface area contributed by atoms with Crippen molar-refractivity contribution in [2.45, 2.75) is 31.2 Å². The average molecular weight is 264 g/mol. The minimum absolute atomic E-state index is 0.0815. The van der Waals surface area contributed by atoms with Crippen molar-refractivity contribution in [2.24, 2.45) is 0 Å². The molecule has 2 fully saturated rings. The number of halogens is 1. The molecule has 2 aliphatic rings. The van der Waals surface area contributed by atoms with Crippen LogP contribution in [0.2, 0.25) is 0 Å². The molecule has 2 saturated heterocycles. The van der Waals surface area contributed by atoms with E-state index in [9.17, 15) is 9.18 Å². The highest BCUT2D eigenvalue weighted by Crippen LogP contribution is 2.29. The summed E-state index contributed by atoms with van der Waals surface area (Å²) in [6, 6.07) is 1.92. The third kappa shape index (κ3) is 2.45. The van der Waals surface area contributed by atoms with Gasteiger partial charge < -0.3 is 10.2 Å². The highest BCUT2D eigenvalue weighted by atomic mass is 19.1. The monoisotopic (exact) mass is 264 g/mol. The number of likely N-dealkylation sites (tertiary alicyclic amines) is 1. The minimum Gasteiger partial charge on any atom is -0.338 e. The van der Waals surface area contributed by atoms with Crippen LogP contribution in [0.15, 0.2) is 12.3 Å². The lowest BCUT2D eigenvalue weighted by Crippen LogP contribution is -2.47. The molecule has 0 saturated carbocycles.